The van der Waals surface area contributed by atoms with E-state index in [0.717, 1.165) is 32.1 Å². The highest BCUT2D eigenvalue weighted by Crippen LogP contribution is 2.37. The summed E-state index contributed by atoms with van der Waals surface area (Å²) in [5.41, 5.74) is -0.255. The van der Waals surface area contributed by atoms with Gasteiger partial charge in [-0.05, 0) is 81.1 Å². The third-order valence-electron chi connectivity index (χ3n) is 6.60. The maximum atomic E-state index is 12.7. The van der Waals surface area contributed by atoms with Crippen LogP contribution < -0.4 is 16.0 Å². The van der Waals surface area contributed by atoms with Crippen molar-refractivity contribution in [3.05, 3.63) is 0 Å². The molecule has 2 atom stereocenters. The average Bonchev–Trinajstić information content (AvgIpc) is 2.87. The van der Waals surface area contributed by atoms with Crippen molar-refractivity contribution < 1.29 is 9.59 Å². The van der Waals surface area contributed by atoms with Gasteiger partial charge in [0.15, 0.2) is 0 Å². The number of ketones is 1. The van der Waals surface area contributed by atoms with Crippen LogP contribution in [-0.4, -0.2) is 40.4 Å². The van der Waals surface area contributed by atoms with Gasteiger partial charge in [0, 0.05) is 41.0 Å². The summed E-state index contributed by atoms with van der Waals surface area (Å²) in [7, 11) is 0. The van der Waals surface area contributed by atoms with Gasteiger partial charge in [-0.2, -0.15) is 0 Å². The number of nitrogens with one attached hydrogen (secondary N) is 3. The zero-order valence-corrected chi connectivity index (χ0v) is 19.4. The fourth-order valence-corrected chi connectivity index (χ4v) is 5.60. The molecule has 2 rings (SSSR count). The van der Waals surface area contributed by atoms with Crippen LogP contribution in [-0.2, 0) is 9.59 Å². The van der Waals surface area contributed by atoms with Gasteiger partial charge in [-0.3, -0.25) is 9.59 Å². The van der Waals surface area contributed by atoms with Crippen LogP contribution in [0.3, 0.4) is 0 Å². The second-order valence-corrected chi connectivity index (χ2v) is 11.5. The lowest BCUT2D eigenvalue weighted by atomic mass is 9.82. The Morgan fingerprint density at radius 3 is 1.75 bits per heavy atom. The third-order valence-corrected chi connectivity index (χ3v) is 6.60. The van der Waals surface area contributed by atoms with Gasteiger partial charge >= 0.3 is 0 Å². The van der Waals surface area contributed by atoms with E-state index < -0.39 is 0 Å². The number of rotatable bonds is 8. The average molecular weight is 394 g/mol. The molecule has 0 aromatic rings. The molecule has 28 heavy (non-hydrogen) atoms. The predicted octanol–water partition coefficient (Wildman–Crippen LogP) is 3.57. The Balaban J connectivity index is 1.66. The summed E-state index contributed by atoms with van der Waals surface area (Å²) in [6.45, 7) is 17.9. The van der Waals surface area contributed by atoms with E-state index in [1.54, 1.807) is 0 Å². The zero-order chi connectivity index (χ0) is 21.4. The number of hydrogen-bond donors (Lipinski definition) is 3. The molecular formula is C23H43N3O2. The number of carbonyl (C=O) groups is 2. The lowest BCUT2D eigenvalue weighted by molar-refractivity contribution is -0.126. The lowest BCUT2D eigenvalue weighted by Crippen LogP contribution is -2.48. The van der Waals surface area contributed by atoms with Crippen molar-refractivity contribution in [2.75, 3.05) is 6.54 Å². The Hall–Kier alpha value is -0.940. The lowest BCUT2D eigenvalue weighted by Gasteiger charge is -2.28. The van der Waals surface area contributed by atoms with E-state index in [1.165, 1.54) is 0 Å². The molecule has 0 aromatic heterocycles. The number of carbonyl (C=O) groups excluding carboxylic acids is 2. The molecular weight excluding hydrogens is 350 g/mol. The molecule has 5 nitrogen and oxygen atoms in total. The number of unbranched alkanes of at least 4 members (excludes halogenated alkanes) is 2. The zero-order valence-electron chi connectivity index (χ0n) is 19.4. The first-order chi connectivity index (χ1) is 12.7. The minimum atomic E-state index is -0.171. The molecule has 0 radical (unpaired) electrons. The molecule has 162 valence electrons. The van der Waals surface area contributed by atoms with Crippen LogP contribution in [0.2, 0.25) is 0 Å². The summed E-state index contributed by atoms with van der Waals surface area (Å²) in [5, 5.41) is 10.3. The smallest absolute Gasteiger partial charge is 0.225 e. The van der Waals surface area contributed by atoms with Gasteiger partial charge in [-0.1, -0.05) is 6.42 Å². The number of amides is 1. The van der Waals surface area contributed by atoms with Crippen molar-refractivity contribution in [3.63, 3.8) is 0 Å². The highest BCUT2D eigenvalue weighted by Gasteiger charge is 2.48. The SMILES string of the molecule is CC1(C)CC(C(=O)CCCCCNC(=O)C2CC(C)(C)NC2(C)C)C(C)(C)N1. The minimum absolute atomic E-state index is 0.00328. The first kappa shape index (κ1) is 23.3. The summed E-state index contributed by atoms with van der Waals surface area (Å²) in [6.07, 6.45) is 5.24. The van der Waals surface area contributed by atoms with E-state index in [-0.39, 0.29) is 39.9 Å². The molecule has 1 amide bonds. The van der Waals surface area contributed by atoms with Crippen molar-refractivity contribution in [1.82, 2.24) is 16.0 Å². The van der Waals surface area contributed by atoms with Crippen LogP contribution in [0.5, 0.6) is 0 Å². The van der Waals surface area contributed by atoms with E-state index >= 15 is 0 Å². The van der Waals surface area contributed by atoms with Crippen LogP contribution >= 0.6 is 0 Å². The molecule has 0 bridgehead atoms. The number of hydrogen-bond acceptors (Lipinski definition) is 4. The van der Waals surface area contributed by atoms with E-state index in [0.29, 0.717) is 18.7 Å². The Labute approximate surface area is 172 Å². The molecule has 3 N–H and O–H groups in total. The van der Waals surface area contributed by atoms with Crippen LogP contribution in [0.4, 0.5) is 0 Å². The maximum absolute atomic E-state index is 12.7. The van der Waals surface area contributed by atoms with Gasteiger partial charge in [-0.15, -0.1) is 0 Å². The summed E-state index contributed by atoms with van der Waals surface area (Å²) in [5.74, 6) is 0.639. The first-order valence-corrected chi connectivity index (χ1v) is 11.0. The molecule has 2 fully saturated rings. The third kappa shape index (κ3) is 5.79. The van der Waals surface area contributed by atoms with Gasteiger partial charge in [-0.25, -0.2) is 0 Å². The molecule has 2 aliphatic rings. The summed E-state index contributed by atoms with van der Waals surface area (Å²) in [4.78, 5) is 25.3. The van der Waals surface area contributed by atoms with Crippen molar-refractivity contribution in [2.24, 2.45) is 11.8 Å². The fraction of sp³-hybridized carbons (Fsp3) is 0.913. The van der Waals surface area contributed by atoms with Gasteiger partial charge in [0.05, 0.1) is 5.92 Å². The van der Waals surface area contributed by atoms with Crippen molar-refractivity contribution in [1.29, 1.82) is 0 Å². The Morgan fingerprint density at radius 1 is 0.786 bits per heavy atom. The standard InChI is InChI=1S/C23H43N3O2/c1-20(2)14-16(22(5,6)25-20)18(27)12-10-9-11-13-24-19(28)17-15-21(3,4)26-23(17,7)8/h16-17,25-26H,9-15H2,1-8H3,(H,24,28). The van der Waals surface area contributed by atoms with Gasteiger partial charge in [0.1, 0.15) is 5.78 Å². The summed E-state index contributed by atoms with van der Waals surface area (Å²) in [6, 6.07) is 0. The largest absolute Gasteiger partial charge is 0.356 e. The quantitative estimate of drug-likeness (QED) is 0.552. The second-order valence-electron chi connectivity index (χ2n) is 11.5. The Morgan fingerprint density at radius 2 is 1.29 bits per heavy atom. The molecule has 0 aliphatic carbocycles. The highest BCUT2D eigenvalue weighted by atomic mass is 16.2. The second kappa shape index (κ2) is 8.06. The molecule has 0 spiro atoms. The maximum Gasteiger partial charge on any atom is 0.225 e. The Bertz CT molecular complexity index is 541. The molecule has 2 unspecified atom stereocenters. The molecule has 5 heteroatoms. The van der Waals surface area contributed by atoms with Crippen LogP contribution in [0.1, 0.15) is 93.9 Å². The number of Topliss-reactive ketones (excluding diaryl/α,β-unsaturated/α-hetero) is 1. The summed E-state index contributed by atoms with van der Waals surface area (Å²) < 4.78 is 0. The Kier molecular flexibility index (Phi) is 6.72. The van der Waals surface area contributed by atoms with Crippen molar-refractivity contribution in [3.8, 4) is 0 Å². The topological polar surface area (TPSA) is 70.2 Å². The van der Waals surface area contributed by atoms with Crippen molar-refractivity contribution in [2.45, 2.75) is 116 Å². The van der Waals surface area contributed by atoms with Crippen LogP contribution in [0.15, 0.2) is 0 Å². The van der Waals surface area contributed by atoms with E-state index in [9.17, 15) is 9.59 Å². The fourth-order valence-electron chi connectivity index (χ4n) is 5.60. The molecule has 0 saturated carbocycles. The van der Waals surface area contributed by atoms with Gasteiger partial charge < -0.3 is 16.0 Å². The van der Waals surface area contributed by atoms with Crippen molar-refractivity contribution >= 4 is 11.7 Å². The van der Waals surface area contributed by atoms with Crippen LogP contribution in [0.25, 0.3) is 0 Å². The van der Waals surface area contributed by atoms with E-state index in [1.807, 2.05) is 0 Å². The molecule has 2 saturated heterocycles. The molecule has 2 heterocycles. The summed E-state index contributed by atoms with van der Waals surface area (Å²) >= 11 is 0. The molecule has 0 aromatic carbocycles. The highest BCUT2D eigenvalue weighted by molar-refractivity contribution is 5.83. The van der Waals surface area contributed by atoms with E-state index in [2.05, 4.69) is 71.3 Å². The predicted molar refractivity (Wildman–Crippen MR) is 115 cm³/mol. The molecule has 2 aliphatic heterocycles. The van der Waals surface area contributed by atoms with Crippen LogP contribution in [0, 0.1) is 11.8 Å². The first-order valence-electron chi connectivity index (χ1n) is 11.0. The monoisotopic (exact) mass is 393 g/mol. The van der Waals surface area contributed by atoms with Gasteiger partial charge in [0.25, 0.3) is 0 Å². The minimum Gasteiger partial charge on any atom is -0.356 e. The van der Waals surface area contributed by atoms with Gasteiger partial charge in [0.2, 0.25) is 5.91 Å². The normalized spacial score (nSPS) is 29.6. The van der Waals surface area contributed by atoms with E-state index in [4.69, 9.17) is 0 Å².